The number of likely N-dealkylation sites (tertiary alicyclic amines) is 1. The van der Waals surface area contributed by atoms with Crippen LogP contribution < -0.4 is 11.1 Å². The number of amides is 2. The zero-order chi connectivity index (χ0) is 12.0. The Kier molecular flexibility index (Phi) is 4.91. The van der Waals surface area contributed by atoms with Crippen molar-refractivity contribution in [3.8, 4) is 0 Å². The summed E-state index contributed by atoms with van der Waals surface area (Å²) in [6.07, 6.45) is 3.21. The van der Waals surface area contributed by atoms with Gasteiger partial charge in [-0.05, 0) is 26.3 Å². The summed E-state index contributed by atoms with van der Waals surface area (Å²) in [5.41, 5.74) is 5.52. The molecule has 0 aliphatic carbocycles. The monoisotopic (exact) mass is 226 g/mol. The van der Waals surface area contributed by atoms with Gasteiger partial charge in [-0.1, -0.05) is 0 Å². The number of carbonyl (C=O) groups is 2. The largest absolute Gasteiger partial charge is 0.386 e. The third-order valence-electron chi connectivity index (χ3n) is 2.70. The first-order valence-corrected chi connectivity index (χ1v) is 5.41. The number of carbonyl (C=O) groups excluding carboxylic acids is 2. The van der Waals surface area contributed by atoms with Gasteiger partial charge in [0.05, 0.1) is 12.6 Å². The lowest BCUT2D eigenvalue weighted by Gasteiger charge is -2.23. The van der Waals surface area contributed by atoms with Crippen LogP contribution in [0.25, 0.3) is 0 Å². The molecule has 0 aromatic carbocycles. The Morgan fingerprint density at radius 3 is 3.06 bits per heavy atom. The molecule has 16 heavy (non-hydrogen) atoms. The molecule has 1 aliphatic rings. The summed E-state index contributed by atoms with van der Waals surface area (Å²) in [5, 5.41) is 2.99. The van der Waals surface area contributed by atoms with E-state index in [0.29, 0.717) is 13.0 Å². The lowest BCUT2D eigenvalue weighted by molar-refractivity contribution is -0.132. The molecule has 1 atom stereocenters. The third-order valence-corrected chi connectivity index (χ3v) is 2.70. The van der Waals surface area contributed by atoms with Crippen molar-refractivity contribution in [3.63, 3.8) is 0 Å². The molecule has 0 spiro atoms. The molecule has 2 amide bonds. The fourth-order valence-corrected chi connectivity index (χ4v) is 1.83. The van der Waals surface area contributed by atoms with Crippen LogP contribution in [-0.4, -0.2) is 49.2 Å². The number of aliphatic imine (C=N–C) groups is 1. The number of rotatable bonds is 4. The summed E-state index contributed by atoms with van der Waals surface area (Å²) in [6, 6.07) is -0.147. The lowest BCUT2D eigenvalue weighted by atomic mass is 10.1. The van der Waals surface area contributed by atoms with E-state index in [1.165, 1.54) is 0 Å². The Bertz CT molecular complexity index is 291. The number of hydrogen-bond donors (Lipinski definition) is 2. The van der Waals surface area contributed by atoms with Gasteiger partial charge in [0.1, 0.15) is 5.84 Å². The van der Waals surface area contributed by atoms with E-state index in [2.05, 4.69) is 10.3 Å². The van der Waals surface area contributed by atoms with E-state index in [-0.39, 0.29) is 24.3 Å². The second kappa shape index (κ2) is 6.22. The number of hydrogen-bond acceptors (Lipinski definition) is 3. The van der Waals surface area contributed by atoms with Crippen molar-refractivity contribution in [3.05, 3.63) is 0 Å². The van der Waals surface area contributed by atoms with Crippen molar-refractivity contribution in [1.29, 1.82) is 0 Å². The fourth-order valence-electron chi connectivity index (χ4n) is 1.83. The predicted octanol–water partition coefficient (Wildman–Crippen LogP) is -0.899. The second-order valence-corrected chi connectivity index (χ2v) is 3.82. The highest BCUT2D eigenvalue weighted by Gasteiger charge is 2.25. The summed E-state index contributed by atoms with van der Waals surface area (Å²) in [6.45, 7) is 0.905. The predicted molar refractivity (Wildman–Crippen MR) is 61.0 cm³/mol. The molecule has 1 rings (SSSR count). The minimum absolute atomic E-state index is 0.0315. The van der Waals surface area contributed by atoms with Crippen LogP contribution in [0.4, 0.5) is 0 Å². The highest BCUT2D eigenvalue weighted by Crippen LogP contribution is 2.11. The van der Waals surface area contributed by atoms with Crippen molar-refractivity contribution in [2.75, 3.05) is 20.1 Å². The normalized spacial score (nSPS) is 23.1. The molecular formula is C10H18N4O2. The third kappa shape index (κ3) is 3.30. The van der Waals surface area contributed by atoms with E-state index < -0.39 is 0 Å². The van der Waals surface area contributed by atoms with Crippen LogP contribution >= 0.6 is 0 Å². The molecule has 1 fully saturated rings. The highest BCUT2D eigenvalue weighted by molar-refractivity contribution is 5.92. The van der Waals surface area contributed by atoms with Crippen LogP contribution in [0.5, 0.6) is 0 Å². The molecule has 0 saturated carbocycles. The average molecular weight is 226 g/mol. The van der Waals surface area contributed by atoms with Gasteiger partial charge in [0, 0.05) is 6.54 Å². The SMILES string of the molecule is CNC1CCCCN(CC(N)=NC=O)C1=O. The minimum Gasteiger partial charge on any atom is -0.386 e. The van der Waals surface area contributed by atoms with Gasteiger partial charge in [-0.2, -0.15) is 0 Å². The Hall–Kier alpha value is -1.43. The average Bonchev–Trinajstić information content (AvgIpc) is 2.42. The van der Waals surface area contributed by atoms with E-state index in [4.69, 9.17) is 5.73 Å². The van der Waals surface area contributed by atoms with Gasteiger partial charge in [0.2, 0.25) is 12.3 Å². The van der Waals surface area contributed by atoms with Crippen LogP contribution in [0.15, 0.2) is 4.99 Å². The van der Waals surface area contributed by atoms with Gasteiger partial charge in [0.25, 0.3) is 0 Å². The Labute approximate surface area is 94.9 Å². The van der Waals surface area contributed by atoms with Gasteiger partial charge < -0.3 is 16.0 Å². The van der Waals surface area contributed by atoms with Gasteiger partial charge in [0.15, 0.2) is 0 Å². The summed E-state index contributed by atoms with van der Waals surface area (Å²) in [7, 11) is 1.77. The number of amidine groups is 1. The van der Waals surface area contributed by atoms with E-state index >= 15 is 0 Å². The first-order valence-electron chi connectivity index (χ1n) is 5.41. The van der Waals surface area contributed by atoms with Crippen LogP contribution in [0, 0.1) is 0 Å². The molecule has 0 aromatic heterocycles. The van der Waals surface area contributed by atoms with E-state index in [0.717, 1.165) is 19.3 Å². The van der Waals surface area contributed by atoms with Gasteiger partial charge in [-0.15, -0.1) is 0 Å². The van der Waals surface area contributed by atoms with Crippen molar-refractivity contribution < 1.29 is 9.59 Å². The zero-order valence-electron chi connectivity index (χ0n) is 9.48. The van der Waals surface area contributed by atoms with E-state index in [9.17, 15) is 9.59 Å². The second-order valence-electron chi connectivity index (χ2n) is 3.82. The number of likely N-dealkylation sites (N-methyl/N-ethyl adjacent to an activating group) is 1. The smallest absolute Gasteiger partial charge is 0.240 e. The molecule has 6 nitrogen and oxygen atoms in total. The van der Waals surface area contributed by atoms with Crippen LogP contribution in [0.3, 0.4) is 0 Å². The number of nitrogens with zero attached hydrogens (tertiary/aromatic N) is 2. The summed E-state index contributed by atoms with van der Waals surface area (Å²) in [4.78, 5) is 27.2. The van der Waals surface area contributed by atoms with Crippen molar-refractivity contribution >= 4 is 18.2 Å². The van der Waals surface area contributed by atoms with Crippen molar-refractivity contribution in [2.45, 2.75) is 25.3 Å². The molecule has 1 aliphatic heterocycles. The van der Waals surface area contributed by atoms with E-state index in [1.54, 1.807) is 11.9 Å². The zero-order valence-corrected chi connectivity index (χ0v) is 9.48. The van der Waals surface area contributed by atoms with Crippen LogP contribution in [-0.2, 0) is 9.59 Å². The van der Waals surface area contributed by atoms with Gasteiger partial charge >= 0.3 is 0 Å². The Morgan fingerprint density at radius 2 is 2.44 bits per heavy atom. The molecule has 6 heteroatoms. The lowest BCUT2D eigenvalue weighted by Crippen LogP contribution is -2.47. The maximum Gasteiger partial charge on any atom is 0.240 e. The maximum atomic E-state index is 12.0. The summed E-state index contributed by atoms with van der Waals surface area (Å²) in [5.74, 6) is 0.212. The van der Waals surface area contributed by atoms with Crippen molar-refractivity contribution in [1.82, 2.24) is 10.2 Å². The van der Waals surface area contributed by atoms with Gasteiger partial charge in [-0.3, -0.25) is 9.59 Å². The van der Waals surface area contributed by atoms with Crippen molar-refractivity contribution in [2.24, 2.45) is 10.7 Å². The van der Waals surface area contributed by atoms with E-state index in [1.807, 2.05) is 0 Å². The minimum atomic E-state index is -0.147. The quantitative estimate of drug-likeness (QED) is 0.369. The van der Waals surface area contributed by atoms with Gasteiger partial charge in [-0.25, -0.2) is 4.99 Å². The summed E-state index contributed by atoms with van der Waals surface area (Å²) < 4.78 is 0. The first-order chi connectivity index (χ1) is 7.69. The molecule has 0 aromatic rings. The van der Waals surface area contributed by atoms with Crippen LogP contribution in [0.1, 0.15) is 19.3 Å². The molecule has 1 unspecified atom stereocenters. The fraction of sp³-hybridized carbons (Fsp3) is 0.700. The van der Waals surface area contributed by atoms with Crippen LogP contribution in [0.2, 0.25) is 0 Å². The maximum absolute atomic E-state index is 12.0. The molecule has 0 bridgehead atoms. The summed E-state index contributed by atoms with van der Waals surface area (Å²) >= 11 is 0. The molecular weight excluding hydrogens is 208 g/mol. The molecule has 1 saturated heterocycles. The number of nitrogens with one attached hydrogen (secondary N) is 1. The number of nitrogens with two attached hydrogens (primary N) is 1. The molecule has 1 heterocycles. The topological polar surface area (TPSA) is 87.8 Å². The molecule has 90 valence electrons. The first kappa shape index (κ1) is 12.6. The highest BCUT2D eigenvalue weighted by atomic mass is 16.2. The molecule has 3 N–H and O–H groups in total. The Balaban J connectivity index is 2.66. The Morgan fingerprint density at radius 1 is 1.69 bits per heavy atom. The standard InChI is InChI=1S/C10H18N4O2/c1-12-8-4-2-3-5-14(10(8)16)6-9(11)13-7-15/h7-8,12H,2-6H2,1H3,(H2,11,13,15). The molecule has 0 radical (unpaired) electrons.